The molecule has 102 valence electrons. The molecule has 5 heteroatoms. The third kappa shape index (κ3) is 4.59. The van der Waals surface area contributed by atoms with Gasteiger partial charge in [-0.2, -0.15) is 5.26 Å². The second-order valence-electron chi connectivity index (χ2n) is 4.15. The van der Waals surface area contributed by atoms with E-state index in [0.29, 0.717) is 25.2 Å². The first kappa shape index (κ1) is 15.0. The van der Waals surface area contributed by atoms with Crippen molar-refractivity contribution in [1.82, 2.24) is 9.88 Å². The molecule has 1 N–H and O–H groups in total. The Kier molecular flexibility index (Phi) is 6.37. The summed E-state index contributed by atoms with van der Waals surface area (Å²) in [5, 5.41) is 11.8. The van der Waals surface area contributed by atoms with E-state index in [2.05, 4.69) is 23.3 Å². The predicted octanol–water partition coefficient (Wildman–Crippen LogP) is 2.28. The standard InChI is InChI=1S/C14H20N4O/c1-3-8-16-12-6-9-17-13(11-12)14(19)18(4-2)10-5-7-15/h6,9,11H,3-5,8,10H2,1-2H3,(H,16,17). The van der Waals surface area contributed by atoms with Gasteiger partial charge in [0.25, 0.3) is 5.91 Å². The van der Waals surface area contributed by atoms with Crippen molar-refractivity contribution in [2.24, 2.45) is 0 Å². The smallest absolute Gasteiger partial charge is 0.272 e. The summed E-state index contributed by atoms with van der Waals surface area (Å²) in [5.74, 6) is -0.127. The Morgan fingerprint density at radius 1 is 1.53 bits per heavy atom. The van der Waals surface area contributed by atoms with Crippen molar-refractivity contribution in [3.05, 3.63) is 24.0 Å². The molecule has 1 aromatic rings. The molecule has 0 aromatic carbocycles. The number of rotatable bonds is 7. The van der Waals surface area contributed by atoms with Crippen LogP contribution in [0.15, 0.2) is 18.3 Å². The van der Waals surface area contributed by atoms with Crippen molar-refractivity contribution in [2.75, 3.05) is 25.0 Å². The maximum atomic E-state index is 12.2. The molecule has 0 bridgehead atoms. The van der Waals surface area contributed by atoms with Gasteiger partial charge in [0.05, 0.1) is 12.5 Å². The third-order valence-electron chi connectivity index (χ3n) is 2.72. The normalized spacial score (nSPS) is 9.74. The summed E-state index contributed by atoms with van der Waals surface area (Å²) in [5.41, 5.74) is 1.32. The van der Waals surface area contributed by atoms with Crippen LogP contribution in [0.3, 0.4) is 0 Å². The molecule has 0 aliphatic heterocycles. The molecule has 0 aliphatic rings. The highest BCUT2D eigenvalue weighted by molar-refractivity contribution is 5.93. The molecule has 1 heterocycles. The van der Waals surface area contributed by atoms with Gasteiger partial charge in [0, 0.05) is 31.5 Å². The number of carbonyl (C=O) groups is 1. The van der Waals surface area contributed by atoms with E-state index in [4.69, 9.17) is 5.26 Å². The van der Waals surface area contributed by atoms with Crippen molar-refractivity contribution in [2.45, 2.75) is 26.7 Å². The minimum absolute atomic E-state index is 0.127. The van der Waals surface area contributed by atoms with Gasteiger partial charge in [-0.15, -0.1) is 0 Å². The number of nitrogens with zero attached hydrogens (tertiary/aromatic N) is 3. The highest BCUT2D eigenvalue weighted by Gasteiger charge is 2.15. The van der Waals surface area contributed by atoms with E-state index >= 15 is 0 Å². The van der Waals surface area contributed by atoms with Crippen LogP contribution in [0, 0.1) is 11.3 Å². The first-order chi connectivity index (χ1) is 9.22. The number of hydrogen-bond donors (Lipinski definition) is 1. The van der Waals surface area contributed by atoms with Crippen molar-refractivity contribution in [1.29, 1.82) is 5.26 Å². The number of nitrogens with one attached hydrogen (secondary N) is 1. The summed E-state index contributed by atoms with van der Waals surface area (Å²) in [6, 6.07) is 5.65. The summed E-state index contributed by atoms with van der Waals surface area (Å²) in [6.07, 6.45) is 2.99. The molecule has 0 atom stereocenters. The fourth-order valence-corrected chi connectivity index (χ4v) is 1.68. The number of nitriles is 1. The van der Waals surface area contributed by atoms with E-state index in [9.17, 15) is 4.79 Å². The fourth-order valence-electron chi connectivity index (χ4n) is 1.68. The zero-order chi connectivity index (χ0) is 14.1. The average Bonchev–Trinajstić information content (AvgIpc) is 2.46. The average molecular weight is 260 g/mol. The van der Waals surface area contributed by atoms with Gasteiger partial charge in [-0.3, -0.25) is 9.78 Å². The van der Waals surface area contributed by atoms with Crippen molar-refractivity contribution >= 4 is 11.6 Å². The van der Waals surface area contributed by atoms with Gasteiger partial charge < -0.3 is 10.2 Å². The van der Waals surface area contributed by atoms with E-state index in [-0.39, 0.29) is 5.91 Å². The van der Waals surface area contributed by atoms with Gasteiger partial charge in [0.15, 0.2) is 0 Å². The molecule has 1 rings (SSSR count). The molecule has 0 unspecified atom stereocenters. The van der Waals surface area contributed by atoms with E-state index in [1.54, 1.807) is 17.2 Å². The lowest BCUT2D eigenvalue weighted by Gasteiger charge is -2.19. The minimum Gasteiger partial charge on any atom is -0.385 e. The molecular weight excluding hydrogens is 240 g/mol. The monoisotopic (exact) mass is 260 g/mol. The van der Waals surface area contributed by atoms with Crippen LogP contribution in [0.2, 0.25) is 0 Å². The van der Waals surface area contributed by atoms with Crippen LogP contribution in [-0.2, 0) is 0 Å². The largest absolute Gasteiger partial charge is 0.385 e. The predicted molar refractivity (Wildman–Crippen MR) is 74.8 cm³/mol. The van der Waals surface area contributed by atoms with Crippen LogP contribution < -0.4 is 5.32 Å². The van der Waals surface area contributed by atoms with E-state index < -0.39 is 0 Å². The maximum Gasteiger partial charge on any atom is 0.272 e. The Labute approximate surface area is 114 Å². The zero-order valence-electron chi connectivity index (χ0n) is 11.5. The maximum absolute atomic E-state index is 12.2. The molecular formula is C14H20N4O. The van der Waals surface area contributed by atoms with Crippen LogP contribution >= 0.6 is 0 Å². The van der Waals surface area contributed by atoms with E-state index in [1.807, 2.05) is 13.0 Å². The number of aromatic nitrogens is 1. The minimum atomic E-state index is -0.127. The summed E-state index contributed by atoms with van der Waals surface area (Å²) in [7, 11) is 0. The first-order valence-corrected chi connectivity index (χ1v) is 6.59. The van der Waals surface area contributed by atoms with Crippen LogP contribution in [0.4, 0.5) is 5.69 Å². The van der Waals surface area contributed by atoms with Crippen molar-refractivity contribution < 1.29 is 4.79 Å². The molecule has 0 aliphatic carbocycles. The molecule has 19 heavy (non-hydrogen) atoms. The van der Waals surface area contributed by atoms with Crippen LogP contribution in [0.1, 0.15) is 37.2 Å². The second-order valence-corrected chi connectivity index (χ2v) is 4.15. The summed E-state index contributed by atoms with van der Waals surface area (Å²) < 4.78 is 0. The number of carbonyl (C=O) groups excluding carboxylic acids is 1. The number of anilines is 1. The van der Waals surface area contributed by atoms with Gasteiger partial charge in [0.2, 0.25) is 0 Å². The van der Waals surface area contributed by atoms with Crippen LogP contribution in [0.25, 0.3) is 0 Å². The number of pyridine rings is 1. The topological polar surface area (TPSA) is 69.0 Å². The lowest BCUT2D eigenvalue weighted by atomic mass is 10.2. The quantitative estimate of drug-likeness (QED) is 0.816. The second kappa shape index (κ2) is 8.09. The highest BCUT2D eigenvalue weighted by atomic mass is 16.2. The third-order valence-corrected chi connectivity index (χ3v) is 2.72. The van der Waals surface area contributed by atoms with Gasteiger partial charge in [0.1, 0.15) is 5.69 Å². The molecule has 1 aromatic heterocycles. The molecule has 0 spiro atoms. The van der Waals surface area contributed by atoms with Gasteiger partial charge in [-0.25, -0.2) is 0 Å². The fraction of sp³-hybridized carbons (Fsp3) is 0.500. The molecule has 5 nitrogen and oxygen atoms in total. The van der Waals surface area contributed by atoms with E-state index in [1.165, 1.54) is 0 Å². The highest BCUT2D eigenvalue weighted by Crippen LogP contribution is 2.10. The Morgan fingerprint density at radius 2 is 2.32 bits per heavy atom. The summed E-state index contributed by atoms with van der Waals surface area (Å²) in [6.45, 7) is 5.87. The van der Waals surface area contributed by atoms with Gasteiger partial charge >= 0.3 is 0 Å². The number of amides is 1. The summed E-state index contributed by atoms with van der Waals surface area (Å²) in [4.78, 5) is 18.0. The molecule has 0 saturated carbocycles. The first-order valence-electron chi connectivity index (χ1n) is 6.59. The SMILES string of the molecule is CCCNc1ccnc(C(=O)N(CC)CCC#N)c1. The Bertz CT molecular complexity index is 453. The van der Waals surface area contributed by atoms with Crippen molar-refractivity contribution in [3.63, 3.8) is 0 Å². The van der Waals surface area contributed by atoms with Crippen molar-refractivity contribution in [3.8, 4) is 6.07 Å². The lowest BCUT2D eigenvalue weighted by Crippen LogP contribution is -2.32. The zero-order valence-corrected chi connectivity index (χ0v) is 11.5. The van der Waals surface area contributed by atoms with Crippen LogP contribution in [-0.4, -0.2) is 35.4 Å². The Morgan fingerprint density at radius 3 is 2.95 bits per heavy atom. The number of hydrogen-bond acceptors (Lipinski definition) is 4. The van der Waals surface area contributed by atoms with Crippen LogP contribution in [0.5, 0.6) is 0 Å². The summed E-state index contributed by atoms with van der Waals surface area (Å²) >= 11 is 0. The van der Waals surface area contributed by atoms with E-state index in [0.717, 1.165) is 18.7 Å². The molecule has 1 amide bonds. The Balaban J connectivity index is 2.77. The Hall–Kier alpha value is -2.09. The molecule has 0 saturated heterocycles. The lowest BCUT2D eigenvalue weighted by molar-refractivity contribution is 0.0762. The van der Waals surface area contributed by atoms with Gasteiger partial charge in [-0.05, 0) is 25.5 Å². The molecule has 0 radical (unpaired) electrons. The molecule has 0 fully saturated rings. The van der Waals surface area contributed by atoms with Gasteiger partial charge in [-0.1, -0.05) is 6.92 Å².